The van der Waals surface area contributed by atoms with E-state index in [2.05, 4.69) is 9.88 Å². The van der Waals surface area contributed by atoms with Crippen molar-refractivity contribution < 1.29 is 5.11 Å². The van der Waals surface area contributed by atoms with E-state index in [0.29, 0.717) is 0 Å². The number of rotatable bonds is 1. The van der Waals surface area contributed by atoms with E-state index in [-0.39, 0.29) is 5.88 Å². The maximum atomic E-state index is 11.3. The second-order valence-electron chi connectivity index (χ2n) is 3.02. The highest BCUT2D eigenvalue weighted by atomic mass is 16.3. The van der Waals surface area contributed by atoms with Gasteiger partial charge < -0.3 is 4.90 Å². The van der Waals surface area contributed by atoms with Crippen LogP contribution in [0, 0.1) is 0 Å². The van der Waals surface area contributed by atoms with Gasteiger partial charge in [0.25, 0.3) is 5.88 Å². The van der Waals surface area contributed by atoms with E-state index in [1.807, 2.05) is 12.1 Å². The molecule has 0 N–H and O–H groups in total. The topological polar surface area (TPSA) is 36.0 Å². The lowest BCUT2D eigenvalue weighted by molar-refractivity contribution is 0.338. The predicted molar refractivity (Wildman–Crippen MR) is 45.8 cm³/mol. The van der Waals surface area contributed by atoms with E-state index >= 15 is 0 Å². The van der Waals surface area contributed by atoms with Gasteiger partial charge in [-0.15, -0.1) is 0 Å². The molecule has 12 heavy (non-hydrogen) atoms. The van der Waals surface area contributed by atoms with E-state index in [0.717, 1.165) is 18.8 Å². The van der Waals surface area contributed by atoms with Crippen LogP contribution in [0.15, 0.2) is 18.3 Å². The number of nitrogens with zero attached hydrogens (tertiary/aromatic N) is 2. The first-order valence-corrected chi connectivity index (χ1v) is 4.25. The summed E-state index contributed by atoms with van der Waals surface area (Å²) < 4.78 is 0. The molecule has 0 atom stereocenters. The summed E-state index contributed by atoms with van der Waals surface area (Å²) in [6, 6.07) is 3.66. The molecule has 0 spiro atoms. The Morgan fingerprint density at radius 2 is 2.08 bits per heavy atom. The van der Waals surface area contributed by atoms with Gasteiger partial charge in [0.15, 0.2) is 0 Å². The molecule has 3 heteroatoms. The third-order valence-electron chi connectivity index (χ3n) is 2.20. The minimum atomic E-state index is -0.0978. The Labute approximate surface area is 71.7 Å². The smallest absolute Gasteiger partial charge is 0.293 e. The normalized spacial score (nSPS) is 16.8. The van der Waals surface area contributed by atoms with Gasteiger partial charge >= 0.3 is 0 Å². The van der Waals surface area contributed by atoms with E-state index in [9.17, 15) is 5.11 Å². The summed E-state index contributed by atoms with van der Waals surface area (Å²) >= 11 is 0. The van der Waals surface area contributed by atoms with Crippen LogP contribution < -0.4 is 4.90 Å². The number of pyridine rings is 1. The molecule has 1 fully saturated rings. The van der Waals surface area contributed by atoms with Gasteiger partial charge in [0, 0.05) is 19.3 Å². The van der Waals surface area contributed by atoms with Crippen LogP contribution in [0.25, 0.3) is 0 Å². The summed E-state index contributed by atoms with van der Waals surface area (Å²) in [7, 11) is 0. The fraction of sp³-hybridized carbons (Fsp3) is 0.444. The molecular weight excluding hydrogens is 152 g/mol. The van der Waals surface area contributed by atoms with Crippen LogP contribution in [0.3, 0.4) is 0 Å². The van der Waals surface area contributed by atoms with Gasteiger partial charge in [-0.1, -0.05) is 0 Å². The highest BCUT2D eigenvalue weighted by Gasteiger charge is 2.16. The average Bonchev–Trinajstić information content (AvgIpc) is 2.57. The summed E-state index contributed by atoms with van der Waals surface area (Å²) in [5.74, 6) is -0.0978. The molecular formula is C9H11N2O. The van der Waals surface area contributed by atoms with Gasteiger partial charge in [0.1, 0.15) is 5.69 Å². The monoisotopic (exact) mass is 163 g/mol. The zero-order valence-electron chi connectivity index (χ0n) is 6.86. The maximum absolute atomic E-state index is 11.3. The Morgan fingerprint density at radius 1 is 1.33 bits per heavy atom. The zero-order valence-corrected chi connectivity index (χ0v) is 6.86. The van der Waals surface area contributed by atoms with Gasteiger partial charge in [0.05, 0.1) is 0 Å². The molecule has 1 saturated heterocycles. The van der Waals surface area contributed by atoms with Gasteiger partial charge in [-0.2, -0.15) is 0 Å². The summed E-state index contributed by atoms with van der Waals surface area (Å²) in [5.41, 5.74) is 0.759. The molecule has 1 radical (unpaired) electrons. The van der Waals surface area contributed by atoms with Crippen LogP contribution in [-0.2, 0) is 5.11 Å². The largest absolute Gasteiger partial charge is 0.367 e. The van der Waals surface area contributed by atoms with Crippen molar-refractivity contribution in [1.29, 1.82) is 0 Å². The molecule has 1 aromatic heterocycles. The molecule has 1 aliphatic rings. The Balaban J connectivity index is 2.26. The highest BCUT2D eigenvalue weighted by molar-refractivity contribution is 5.54. The molecule has 0 bridgehead atoms. The van der Waals surface area contributed by atoms with Crippen molar-refractivity contribution in [3.05, 3.63) is 18.3 Å². The maximum Gasteiger partial charge on any atom is 0.293 e. The highest BCUT2D eigenvalue weighted by Crippen LogP contribution is 2.27. The quantitative estimate of drug-likeness (QED) is 0.633. The minimum Gasteiger partial charge on any atom is -0.367 e. The van der Waals surface area contributed by atoms with Gasteiger partial charge in [-0.25, -0.2) is 4.98 Å². The van der Waals surface area contributed by atoms with Gasteiger partial charge in [-0.05, 0) is 25.0 Å². The first kappa shape index (κ1) is 7.40. The fourth-order valence-electron chi connectivity index (χ4n) is 1.58. The standard InChI is InChI=1S/C9H11N2O/c12-9-8(4-3-5-10-9)11-6-1-2-7-11/h3-5H,1-2,6-7H2. The van der Waals surface area contributed by atoms with Crippen molar-refractivity contribution in [2.45, 2.75) is 12.8 Å². The molecule has 0 amide bonds. The molecule has 2 heterocycles. The molecule has 0 unspecified atom stereocenters. The summed E-state index contributed by atoms with van der Waals surface area (Å²) in [4.78, 5) is 5.83. The Bertz CT molecular complexity index is 269. The van der Waals surface area contributed by atoms with Gasteiger partial charge in [0.2, 0.25) is 0 Å². The van der Waals surface area contributed by atoms with Crippen molar-refractivity contribution in [2.75, 3.05) is 18.0 Å². The van der Waals surface area contributed by atoms with Crippen molar-refractivity contribution in [3.63, 3.8) is 0 Å². The number of aromatic nitrogens is 1. The molecule has 1 aliphatic heterocycles. The number of anilines is 1. The molecule has 0 aliphatic carbocycles. The summed E-state index contributed by atoms with van der Waals surface area (Å²) in [6.07, 6.45) is 3.92. The second kappa shape index (κ2) is 3.01. The molecule has 2 rings (SSSR count). The third-order valence-corrected chi connectivity index (χ3v) is 2.20. The molecule has 0 saturated carbocycles. The second-order valence-corrected chi connectivity index (χ2v) is 3.02. The molecule has 1 aromatic rings. The van der Waals surface area contributed by atoms with E-state index in [1.54, 1.807) is 6.20 Å². The van der Waals surface area contributed by atoms with E-state index in [4.69, 9.17) is 0 Å². The minimum absolute atomic E-state index is 0.0978. The molecule has 63 valence electrons. The van der Waals surface area contributed by atoms with Crippen LogP contribution in [-0.4, -0.2) is 18.1 Å². The first-order chi connectivity index (χ1) is 5.88. The van der Waals surface area contributed by atoms with Crippen LogP contribution in [0.5, 0.6) is 5.88 Å². The van der Waals surface area contributed by atoms with Crippen molar-refractivity contribution >= 4 is 5.69 Å². The molecule has 0 aromatic carbocycles. The van der Waals surface area contributed by atoms with Crippen molar-refractivity contribution in [2.24, 2.45) is 0 Å². The lowest BCUT2D eigenvalue weighted by atomic mass is 10.3. The summed E-state index contributed by atoms with van der Waals surface area (Å²) in [6.45, 7) is 2.00. The van der Waals surface area contributed by atoms with Gasteiger partial charge in [-0.3, -0.25) is 5.11 Å². The summed E-state index contributed by atoms with van der Waals surface area (Å²) in [5, 5.41) is 11.3. The number of hydrogen-bond donors (Lipinski definition) is 0. The van der Waals surface area contributed by atoms with Crippen molar-refractivity contribution in [1.82, 2.24) is 4.98 Å². The fourth-order valence-corrected chi connectivity index (χ4v) is 1.58. The lowest BCUT2D eigenvalue weighted by Gasteiger charge is -2.16. The zero-order chi connectivity index (χ0) is 8.39. The lowest BCUT2D eigenvalue weighted by Crippen LogP contribution is -2.17. The Hall–Kier alpha value is -1.25. The molecule has 3 nitrogen and oxygen atoms in total. The van der Waals surface area contributed by atoms with Crippen LogP contribution in [0.2, 0.25) is 0 Å². The Morgan fingerprint density at radius 3 is 2.75 bits per heavy atom. The van der Waals surface area contributed by atoms with Crippen LogP contribution in [0.4, 0.5) is 5.69 Å². The van der Waals surface area contributed by atoms with Crippen molar-refractivity contribution in [3.8, 4) is 5.88 Å². The first-order valence-electron chi connectivity index (χ1n) is 4.25. The average molecular weight is 163 g/mol. The Kier molecular flexibility index (Phi) is 1.86. The van der Waals surface area contributed by atoms with E-state index < -0.39 is 0 Å². The SMILES string of the molecule is [O]c1ncccc1N1CCCC1. The third kappa shape index (κ3) is 1.22. The van der Waals surface area contributed by atoms with E-state index in [1.165, 1.54) is 12.8 Å². The number of hydrogen-bond acceptors (Lipinski definition) is 2. The van der Waals surface area contributed by atoms with Crippen LogP contribution >= 0.6 is 0 Å². The predicted octanol–water partition coefficient (Wildman–Crippen LogP) is 1.83. The van der Waals surface area contributed by atoms with Crippen LogP contribution in [0.1, 0.15) is 12.8 Å².